The number of amides is 3. The first-order valence-electron chi connectivity index (χ1n) is 12.5. The highest BCUT2D eigenvalue weighted by molar-refractivity contribution is 5.86. The van der Waals surface area contributed by atoms with Gasteiger partial charge in [-0.05, 0) is 64.1 Å². The molecule has 3 amide bonds. The van der Waals surface area contributed by atoms with Gasteiger partial charge in [-0.3, -0.25) is 9.69 Å². The average molecular weight is 457 g/mol. The van der Waals surface area contributed by atoms with Crippen LogP contribution >= 0.6 is 0 Å². The summed E-state index contributed by atoms with van der Waals surface area (Å²) in [5, 5.41) is 9.17. The van der Waals surface area contributed by atoms with E-state index in [2.05, 4.69) is 54.2 Å². The number of benzene rings is 1. The van der Waals surface area contributed by atoms with Crippen molar-refractivity contribution in [3.8, 4) is 0 Å². The van der Waals surface area contributed by atoms with Crippen LogP contribution in [0.5, 0.6) is 0 Å². The third kappa shape index (κ3) is 4.50. The molecule has 1 saturated heterocycles. The van der Waals surface area contributed by atoms with Crippen LogP contribution in [0.1, 0.15) is 50.5 Å². The summed E-state index contributed by atoms with van der Waals surface area (Å²) in [6, 6.07) is 10.8. The maximum atomic E-state index is 13.6. The number of nitrogens with zero attached hydrogens (tertiary/aromatic N) is 4. The molecule has 0 atom stereocenters. The lowest BCUT2D eigenvalue weighted by molar-refractivity contribution is -0.130. The molecule has 2 saturated carbocycles. The Hall–Kier alpha value is -2.12. The molecule has 1 aliphatic heterocycles. The van der Waals surface area contributed by atoms with Crippen molar-refractivity contribution in [1.29, 1.82) is 0 Å². The van der Waals surface area contributed by atoms with Crippen molar-refractivity contribution in [2.45, 2.75) is 56.0 Å². The Morgan fingerprint density at radius 3 is 2.30 bits per heavy atom. The molecule has 7 nitrogen and oxygen atoms in total. The number of hydrogen-bond acceptors (Lipinski definition) is 4. The summed E-state index contributed by atoms with van der Waals surface area (Å²) in [5.41, 5.74) is 1.12. The van der Waals surface area contributed by atoms with Crippen LogP contribution in [0.4, 0.5) is 4.79 Å². The highest BCUT2D eigenvalue weighted by atomic mass is 16.3. The predicted molar refractivity (Wildman–Crippen MR) is 129 cm³/mol. The van der Waals surface area contributed by atoms with Gasteiger partial charge in [-0.25, -0.2) is 4.79 Å². The average Bonchev–Trinajstić information content (AvgIpc) is 3.02. The minimum Gasteiger partial charge on any atom is -0.395 e. The molecule has 4 rings (SSSR count). The lowest BCUT2D eigenvalue weighted by atomic mass is 9.68. The van der Waals surface area contributed by atoms with Crippen LogP contribution < -0.4 is 0 Å². The fourth-order valence-corrected chi connectivity index (χ4v) is 6.07. The second-order valence-electron chi connectivity index (χ2n) is 10.6. The molecule has 1 aromatic carbocycles. The summed E-state index contributed by atoms with van der Waals surface area (Å²) in [7, 11) is 6.02. The fourth-order valence-electron chi connectivity index (χ4n) is 6.07. The second kappa shape index (κ2) is 9.63. The van der Waals surface area contributed by atoms with E-state index in [0.717, 1.165) is 32.2 Å². The molecule has 3 aliphatic rings. The van der Waals surface area contributed by atoms with Crippen LogP contribution in [-0.4, -0.2) is 96.1 Å². The first kappa shape index (κ1) is 24.0. The Labute approximate surface area is 198 Å². The van der Waals surface area contributed by atoms with Gasteiger partial charge in [0.2, 0.25) is 5.91 Å². The Balaban J connectivity index is 1.55. The van der Waals surface area contributed by atoms with Gasteiger partial charge in [0.05, 0.1) is 12.1 Å². The van der Waals surface area contributed by atoms with Crippen LogP contribution in [0.25, 0.3) is 0 Å². The molecule has 182 valence electrons. The number of carbonyl (C=O) groups is 2. The maximum absolute atomic E-state index is 13.6. The quantitative estimate of drug-likeness (QED) is 0.653. The summed E-state index contributed by atoms with van der Waals surface area (Å²) in [5.74, 6) is 0.481. The molecule has 7 heteroatoms. The Morgan fingerprint density at radius 2 is 1.76 bits per heavy atom. The van der Waals surface area contributed by atoms with Crippen LogP contribution in [0.2, 0.25) is 0 Å². The van der Waals surface area contributed by atoms with Gasteiger partial charge in [0.25, 0.3) is 0 Å². The van der Waals surface area contributed by atoms with Gasteiger partial charge in [0.15, 0.2) is 0 Å². The molecule has 0 radical (unpaired) electrons. The van der Waals surface area contributed by atoms with E-state index in [-0.39, 0.29) is 36.2 Å². The molecule has 1 N–H and O–H groups in total. The lowest BCUT2D eigenvalue weighted by Gasteiger charge is -2.51. The SMILES string of the molecule is CN(CCO)C(=O)CN1C[C@]2(CC[C@@](c3ccccc3)(N(C)C)CC2)N(CC2CCC2)C1=O. The van der Waals surface area contributed by atoms with Gasteiger partial charge in [0.1, 0.15) is 6.54 Å². The molecular formula is C26H40N4O3. The first-order chi connectivity index (χ1) is 15.8. The number of rotatable bonds is 8. The van der Waals surface area contributed by atoms with Crippen molar-refractivity contribution in [3.63, 3.8) is 0 Å². The second-order valence-corrected chi connectivity index (χ2v) is 10.6. The molecule has 0 aromatic heterocycles. The molecule has 1 heterocycles. The summed E-state index contributed by atoms with van der Waals surface area (Å²) in [4.78, 5) is 34.0. The fraction of sp³-hybridized carbons (Fsp3) is 0.692. The predicted octanol–water partition coefficient (Wildman–Crippen LogP) is 2.74. The zero-order valence-corrected chi connectivity index (χ0v) is 20.5. The van der Waals surface area contributed by atoms with Crippen LogP contribution in [-0.2, 0) is 10.3 Å². The highest BCUT2D eigenvalue weighted by Crippen LogP contribution is 2.49. The molecule has 0 bridgehead atoms. The van der Waals surface area contributed by atoms with E-state index in [0.29, 0.717) is 19.0 Å². The molecule has 1 spiro atoms. The van der Waals surface area contributed by atoms with Crippen molar-refractivity contribution >= 4 is 11.9 Å². The van der Waals surface area contributed by atoms with Gasteiger partial charge in [-0.1, -0.05) is 36.8 Å². The van der Waals surface area contributed by atoms with Crippen molar-refractivity contribution < 1.29 is 14.7 Å². The summed E-state index contributed by atoms with van der Waals surface area (Å²) >= 11 is 0. The topological polar surface area (TPSA) is 67.3 Å². The molecule has 2 aliphatic carbocycles. The van der Waals surface area contributed by atoms with Gasteiger partial charge in [-0.15, -0.1) is 0 Å². The number of likely N-dealkylation sites (N-methyl/N-ethyl adjacent to an activating group) is 1. The molecule has 0 unspecified atom stereocenters. The Morgan fingerprint density at radius 1 is 1.09 bits per heavy atom. The minimum absolute atomic E-state index is 0.0183. The van der Waals surface area contributed by atoms with Gasteiger partial charge < -0.3 is 19.8 Å². The zero-order chi connectivity index (χ0) is 23.6. The smallest absolute Gasteiger partial charge is 0.321 e. The van der Waals surface area contributed by atoms with Crippen LogP contribution in [0, 0.1) is 5.92 Å². The molecule has 33 heavy (non-hydrogen) atoms. The third-order valence-electron chi connectivity index (χ3n) is 8.59. The van der Waals surface area contributed by atoms with Gasteiger partial charge in [-0.2, -0.15) is 0 Å². The number of urea groups is 1. The zero-order valence-electron chi connectivity index (χ0n) is 20.5. The summed E-state index contributed by atoms with van der Waals surface area (Å²) in [6.45, 7) is 1.75. The molecule has 3 fully saturated rings. The van der Waals surface area contributed by atoms with E-state index >= 15 is 0 Å². The van der Waals surface area contributed by atoms with E-state index in [9.17, 15) is 14.7 Å². The van der Waals surface area contributed by atoms with Crippen molar-refractivity contribution in [2.75, 3.05) is 53.9 Å². The normalized spacial score (nSPS) is 28.0. The number of aliphatic hydroxyl groups excluding tert-OH is 1. The van der Waals surface area contributed by atoms with E-state index in [1.54, 1.807) is 11.9 Å². The minimum atomic E-state index is -0.198. The third-order valence-corrected chi connectivity index (χ3v) is 8.59. The number of hydrogen-bond donors (Lipinski definition) is 1. The monoisotopic (exact) mass is 456 g/mol. The van der Waals surface area contributed by atoms with Crippen LogP contribution in [0.3, 0.4) is 0 Å². The Kier molecular flexibility index (Phi) is 7.01. The Bertz CT molecular complexity index is 831. The van der Waals surface area contributed by atoms with E-state index in [1.807, 2.05) is 0 Å². The lowest BCUT2D eigenvalue weighted by Crippen LogP contribution is -2.56. The van der Waals surface area contributed by atoms with E-state index in [1.165, 1.54) is 29.7 Å². The van der Waals surface area contributed by atoms with E-state index < -0.39 is 0 Å². The van der Waals surface area contributed by atoms with Crippen LogP contribution in [0.15, 0.2) is 30.3 Å². The van der Waals surface area contributed by atoms with Crippen molar-refractivity contribution in [1.82, 2.24) is 19.6 Å². The number of aliphatic hydroxyl groups is 1. The summed E-state index contributed by atoms with van der Waals surface area (Å²) in [6.07, 6.45) is 7.51. The van der Waals surface area contributed by atoms with E-state index in [4.69, 9.17) is 0 Å². The summed E-state index contributed by atoms with van der Waals surface area (Å²) < 4.78 is 0. The first-order valence-corrected chi connectivity index (χ1v) is 12.5. The van der Waals surface area contributed by atoms with Crippen molar-refractivity contribution in [2.24, 2.45) is 5.92 Å². The largest absolute Gasteiger partial charge is 0.395 e. The van der Waals surface area contributed by atoms with Gasteiger partial charge in [0, 0.05) is 32.2 Å². The van der Waals surface area contributed by atoms with Crippen molar-refractivity contribution in [3.05, 3.63) is 35.9 Å². The standard InChI is InChI=1S/C26H40N4O3/c1-27(2)26(22-10-5-4-6-11-22)14-12-25(13-15-26)20-29(19-23(32)28(3)16-17-31)24(33)30(25)18-21-8-7-9-21/h4-6,10-11,21,31H,7-9,12-20H2,1-3H3/t25-,26-. The number of carbonyl (C=O) groups excluding carboxylic acids is 2. The maximum Gasteiger partial charge on any atom is 0.321 e. The molecular weight excluding hydrogens is 416 g/mol. The molecule has 1 aromatic rings. The van der Waals surface area contributed by atoms with Gasteiger partial charge >= 0.3 is 6.03 Å². The highest BCUT2D eigenvalue weighted by Gasteiger charge is 2.55.